The minimum atomic E-state index is -3.28. The highest BCUT2D eigenvalue weighted by atomic mass is 32.2. The van der Waals surface area contributed by atoms with Crippen LogP contribution in [-0.4, -0.2) is 65.2 Å². The van der Waals surface area contributed by atoms with E-state index in [9.17, 15) is 17.6 Å². The summed E-state index contributed by atoms with van der Waals surface area (Å²) in [5, 5.41) is 7.59. The van der Waals surface area contributed by atoms with Gasteiger partial charge in [-0.3, -0.25) is 4.79 Å². The Bertz CT molecular complexity index is 1310. The molecule has 3 aromatic rings. The summed E-state index contributed by atoms with van der Waals surface area (Å²) in [6.45, 7) is 1.41. The van der Waals surface area contributed by atoms with E-state index in [1.54, 1.807) is 18.2 Å². The molecule has 0 aliphatic carbocycles. The summed E-state index contributed by atoms with van der Waals surface area (Å²) < 4.78 is 40.1. The number of sulfonamides is 1. The number of nitrogens with zero attached hydrogens (tertiary/aromatic N) is 5. The normalized spacial score (nSPS) is 21.7. The van der Waals surface area contributed by atoms with E-state index in [0.717, 1.165) is 24.9 Å². The number of aromatic nitrogens is 3. The van der Waals surface area contributed by atoms with E-state index < -0.39 is 10.0 Å². The van der Waals surface area contributed by atoms with Crippen LogP contribution in [0.2, 0.25) is 0 Å². The van der Waals surface area contributed by atoms with E-state index in [2.05, 4.69) is 20.3 Å². The molecule has 2 saturated heterocycles. The Morgan fingerprint density at radius 2 is 2.03 bits per heavy atom. The zero-order valence-corrected chi connectivity index (χ0v) is 19.0. The van der Waals surface area contributed by atoms with Gasteiger partial charge in [0, 0.05) is 25.7 Å². The van der Waals surface area contributed by atoms with E-state index in [1.165, 1.54) is 27.3 Å². The molecule has 2 aliphatic heterocycles. The molecular weight excluding hydrogens is 447 g/mol. The number of halogens is 1. The molecule has 5 rings (SSSR count). The van der Waals surface area contributed by atoms with Gasteiger partial charge in [0.25, 0.3) is 5.91 Å². The van der Waals surface area contributed by atoms with Crippen LogP contribution in [-0.2, 0) is 10.0 Å². The monoisotopic (exact) mass is 472 g/mol. The molecule has 174 valence electrons. The second kappa shape index (κ2) is 8.38. The Labute approximate surface area is 191 Å². The lowest BCUT2D eigenvalue weighted by molar-refractivity contribution is 0.0932. The predicted octanol–water partition coefficient (Wildman–Crippen LogP) is 1.97. The lowest BCUT2D eigenvalue weighted by Gasteiger charge is -2.26. The molecule has 9 nitrogen and oxygen atoms in total. The van der Waals surface area contributed by atoms with Gasteiger partial charge in [-0.1, -0.05) is 12.1 Å². The van der Waals surface area contributed by atoms with E-state index >= 15 is 0 Å². The van der Waals surface area contributed by atoms with Crippen LogP contribution in [0.1, 0.15) is 41.4 Å². The van der Waals surface area contributed by atoms with Crippen LogP contribution >= 0.6 is 0 Å². The first kappa shape index (κ1) is 21.8. The van der Waals surface area contributed by atoms with Crippen molar-refractivity contribution in [2.75, 3.05) is 30.8 Å². The van der Waals surface area contributed by atoms with E-state index in [0.29, 0.717) is 24.4 Å². The van der Waals surface area contributed by atoms with Gasteiger partial charge < -0.3 is 10.2 Å². The molecule has 0 saturated carbocycles. The number of benzene rings is 1. The second-order valence-corrected chi connectivity index (χ2v) is 10.6. The molecule has 1 amide bonds. The average Bonchev–Trinajstić information content (AvgIpc) is 3.51. The third-order valence-electron chi connectivity index (χ3n) is 6.32. The predicted molar refractivity (Wildman–Crippen MR) is 121 cm³/mol. The van der Waals surface area contributed by atoms with Gasteiger partial charge in [-0.25, -0.2) is 26.6 Å². The van der Waals surface area contributed by atoms with Gasteiger partial charge in [-0.05, 0) is 49.1 Å². The average molecular weight is 473 g/mol. The van der Waals surface area contributed by atoms with Crippen molar-refractivity contribution in [2.24, 2.45) is 0 Å². The fourth-order valence-electron chi connectivity index (χ4n) is 4.68. The van der Waals surface area contributed by atoms with Crippen LogP contribution in [0.25, 0.3) is 5.65 Å². The lowest BCUT2D eigenvalue weighted by Crippen LogP contribution is -2.38. The van der Waals surface area contributed by atoms with Crippen molar-refractivity contribution in [2.45, 2.75) is 31.3 Å². The number of amides is 1. The van der Waals surface area contributed by atoms with Gasteiger partial charge in [0.05, 0.1) is 18.5 Å². The SMILES string of the molecule is CS(=O)(=O)N1CCC(NC(=O)c2cnc3ccc(N4CCCC4c4cccc(F)c4)nn23)C1. The van der Waals surface area contributed by atoms with Gasteiger partial charge in [-0.2, -0.15) is 0 Å². The van der Waals surface area contributed by atoms with Gasteiger partial charge in [-0.15, -0.1) is 5.10 Å². The molecule has 1 aromatic carbocycles. The zero-order chi connectivity index (χ0) is 23.2. The fraction of sp³-hybridized carbons (Fsp3) is 0.409. The number of fused-ring (bicyclic) bond motifs is 1. The molecule has 2 unspecified atom stereocenters. The standard InChI is InChI=1S/C22H25FN6O3S/c1-33(31,32)27-11-9-17(14-27)25-22(30)19-13-24-20-7-8-21(26-29(19)20)28-10-3-6-18(28)15-4-2-5-16(23)12-15/h2,4-5,7-8,12-13,17-18H,3,6,9-11,14H2,1H3,(H,25,30). The summed E-state index contributed by atoms with van der Waals surface area (Å²) >= 11 is 0. The number of carbonyl (C=O) groups excluding carboxylic acids is 1. The number of imidazole rings is 1. The maximum atomic E-state index is 13.8. The van der Waals surface area contributed by atoms with Gasteiger partial charge in [0.15, 0.2) is 11.3 Å². The van der Waals surface area contributed by atoms with Gasteiger partial charge in [0.1, 0.15) is 11.6 Å². The summed E-state index contributed by atoms with van der Waals surface area (Å²) in [4.78, 5) is 19.4. The van der Waals surface area contributed by atoms with Crippen molar-refractivity contribution in [3.63, 3.8) is 0 Å². The van der Waals surface area contributed by atoms with E-state index in [4.69, 9.17) is 0 Å². The molecule has 33 heavy (non-hydrogen) atoms. The molecule has 0 spiro atoms. The maximum Gasteiger partial charge on any atom is 0.271 e. The van der Waals surface area contributed by atoms with Crippen LogP contribution in [0, 0.1) is 5.82 Å². The fourth-order valence-corrected chi connectivity index (χ4v) is 5.57. The highest BCUT2D eigenvalue weighted by molar-refractivity contribution is 7.88. The molecule has 2 fully saturated rings. The largest absolute Gasteiger partial charge is 0.348 e. The minimum absolute atomic E-state index is 0.00640. The third kappa shape index (κ3) is 4.30. The minimum Gasteiger partial charge on any atom is -0.348 e. The van der Waals surface area contributed by atoms with Crippen LogP contribution in [0.15, 0.2) is 42.6 Å². The zero-order valence-electron chi connectivity index (χ0n) is 18.2. The maximum absolute atomic E-state index is 13.8. The Kier molecular flexibility index (Phi) is 5.53. The number of nitrogens with one attached hydrogen (secondary N) is 1. The first-order valence-corrected chi connectivity index (χ1v) is 12.8. The van der Waals surface area contributed by atoms with Crippen molar-refractivity contribution in [1.82, 2.24) is 24.2 Å². The highest BCUT2D eigenvalue weighted by Crippen LogP contribution is 2.35. The smallest absolute Gasteiger partial charge is 0.271 e. The van der Waals surface area contributed by atoms with Gasteiger partial charge >= 0.3 is 0 Å². The topological polar surface area (TPSA) is 99.9 Å². The lowest BCUT2D eigenvalue weighted by atomic mass is 10.0. The first-order chi connectivity index (χ1) is 15.8. The van der Waals surface area contributed by atoms with Crippen LogP contribution in [0.4, 0.5) is 10.2 Å². The number of hydrogen-bond acceptors (Lipinski definition) is 6. The first-order valence-electron chi connectivity index (χ1n) is 10.9. The molecule has 2 aromatic heterocycles. The summed E-state index contributed by atoms with van der Waals surface area (Å²) in [6, 6.07) is 10.0. The number of anilines is 1. The van der Waals surface area contributed by atoms with Crippen molar-refractivity contribution >= 4 is 27.4 Å². The molecule has 11 heteroatoms. The number of rotatable bonds is 5. The summed E-state index contributed by atoms with van der Waals surface area (Å²) in [5.74, 6) is 0.0683. The molecule has 4 heterocycles. The molecular formula is C22H25FN6O3S. The van der Waals surface area contributed by atoms with Crippen molar-refractivity contribution in [3.05, 3.63) is 59.7 Å². The Hall–Kier alpha value is -3.05. The third-order valence-corrected chi connectivity index (χ3v) is 7.59. The molecule has 1 N–H and O–H groups in total. The van der Waals surface area contributed by atoms with Crippen molar-refractivity contribution in [1.29, 1.82) is 0 Å². The molecule has 0 bridgehead atoms. The Balaban J connectivity index is 1.38. The molecule has 2 atom stereocenters. The molecule has 2 aliphatic rings. The van der Waals surface area contributed by atoms with Gasteiger partial charge in [0.2, 0.25) is 10.0 Å². The molecule has 0 radical (unpaired) electrons. The van der Waals surface area contributed by atoms with Crippen molar-refractivity contribution in [3.8, 4) is 0 Å². The van der Waals surface area contributed by atoms with E-state index in [-0.39, 0.29) is 36.0 Å². The van der Waals surface area contributed by atoms with Crippen LogP contribution < -0.4 is 10.2 Å². The Morgan fingerprint density at radius 3 is 2.79 bits per heavy atom. The number of hydrogen-bond donors (Lipinski definition) is 1. The highest BCUT2D eigenvalue weighted by Gasteiger charge is 2.31. The second-order valence-electron chi connectivity index (χ2n) is 8.59. The quantitative estimate of drug-likeness (QED) is 0.610. The Morgan fingerprint density at radius 1 is 1.18 bits per heavy atom. The van der Waals surface area contributed by atoms with Crippen molar-refractivity contribution < 1.29 is 17.6 Å². The summed E-state index contributed by atoms with van der Waals surface area (Å²) in [6.07, 6.45) is 5.04. The van der Waals surface area contributed by atoms with Crippen LogP contribution in [0.3, 0.4) is 0 Å². The number of carbonyl (C=O) groups is 1. The van der Waals surface area contributed by atoms with E-state index in [1.807, 2.05) is 12.1 Å². The summed E-state index contributed by atoms with van der Waals surface area (Å²) in [5.41, 5.74) is 1.72. The summed E-state index contributed by atoms with van der Waals surface area (Å²) in [7, 11) is -3.28. The van der Waals surface area contributed by atoms with Crippen LogP contribution in [0.5, 0.6) is 0 Å².